The summed E-state index contributed by atoms with van der Waals surface area (Å²) in [5.74, 6) is 0. The van der Waals surface area contributed by atoms with E-state index in [9.17, 15) is 0 Å². The van der Waals surface area contributed by atoms with Crippen LogP contribution in [-0.2, 0) is 0 Å². The van der Waals surface area contributed by atoms with E-state index in [2.05, 4.69) is 191 Å². The topological polar surface area (TPSA) is 34.0 Å². The molecule has 51 heavy (non-hydrogen) atoms. The second-order valence-corrected chi connectivity index (χ2v) is 13.3. The molecule has 0 unspecified atom stereocenters. The van der Waals surface area contributed by atoms with Crippen LogP contribution in [0, 0.1) is 0 Å². The SMILES string of the molecule is c1ccc(N(c2ccc(-c3cccc4ccccc34)cc2)c2ccc(-c3ccc(-n4c5ccccc5c5ccccc54)cc3)c3nsnc23)cc1. The van der Waals surface area contributed by atoms with Crippen molar-refractivity contribution in [1.29, 1.82) is 0 Å². The summed E-state index contributed by atoms with van der Waals surface area (Å²) in [4.78, 5) is 2.28. The highest BCUT2D eigenvalue weighted by Crippen LogP contribution is 2.42. The number of hydrogen-bond donors (Lipinski definition) is 0. The molecule has 10 rings (SSSR count). The van der Waals surface area contributed by atoms with Gasteiger partial charge in [-0.1, -0.05) is 121 Å². The van der Waals surface area contributed by atoms with Gasteiger partial charge in [0.25, 0.3) is 0 Å². The van der Waals surface area contributed by atoms with Crippen molar-refractivity contribution in [2.24, 2.45) is 0 Å². The Hall–Kier alpha value is -6.56. The molecule has 10 aromatic rings. The largest absolute Gasteiger partial charge is 0.309 e. The number of aromatic nitrogens is 3. The van der Waals surface area contributed by atoms with Gasteiger partial charge in [0.15, 0.2) is 0 Å². The van der Waals surface area contributed by atoms with Crippen LogP contribution in [-0.4, -0.2) is 13.3 Å². The summed E-state index contributed by atoms with van der Waals surface area (Å²) >= 11 is 1.26. The Bertz CT molecular complexity index is 2790. The Balaban J connectivity index is 1.05. The lowest BCUT2D eigenvalue weighted by Gasteiger charge is -2.26. The van der Waals surface area contributed by atoms with E-state index in [1.165, 1.54) is 55.4 Å². The molecule has 2 aromatic heterocycles. The fourth-order valence-electron chi connectivity index (χ4n) is 7.53. The number of hydrogen-bond acceptors (Lipinski definition) is 4. The molecule has 8 aromatic carbocycles. The molecule has 240 valence electrons. The summed E-state index contributed by atoms with van der Waals surface area (Å²) in [5.41, 5.74) is 13.0. The molecule has 0 spiro atoms. The van der Waals surface area contributed by atoms with Gasteiger partial charge in [0.05, 0.1) is 28.4 Å². The second-order valence-electron chi connectivity index (χ2n) is 12.8. The minimum Gasteiger partial charge on any atom is -0.309 e. The minimum absolute atomic E-state index is 0.881. The minimum atomic E-state index is 0.881. The number of anilines is 3. The van der Waals surface area contributed by atoms with Crippen LogP contribution in [0.25, 0.3) is 71.6 Å². The molecule has 5 heteroatoms. The zero-order valence-corrected chi connectivity index (χ0v) is 28.3. The molecule has 0 fully saturated rings. The maximum absolute atomic E-state index is 4.89. The third kappa shape index (κ3) is 4.90. The molecule has 0 aliphatic heterocycles. The van der Waals surface area contributed by atoms with Crippen molar-refractivity contribution in [3.63, 3.8) is 0 Å². The van der Waals surface area contributed by atoms with Gasteiger partial charge in [0.2, 0.25) is 0 Å². The van der Waals surface area contributed by atoms with E-state index >= 15 is 0 Å². The van der Waals surface area contributed by atoms with Gasteiger partial charge in [0.1, 0.15) is 11.0 Å². The van der Waals surface area contributed by atoms with Crippen LogP contribution in [0.1, 0.15) is 0 Å². The first kappa shape index (κ1) is 29.4. The van der Waals surface area contributed by atoms with Crippen molar-refractivity contribution in [2.75, 3.05) is 4.90 Å². The summed E-state index contributed by atoms with van der Waals surface area (Å²) in [5, 5.41) is 5.01. The average molecular weight is 671 g/mol. The Morgan fingerprint density at radius 3 is 1.73 bits per heavy atom. The zero-order chi connectivity index (χ0) is 33.7. The normalized spacial score (nSPS) is 11.5. The van der Waals surface area contributed by atoms with E-state index in [0.717, 1.165) is 44.9 Å². The second kappa shape index (κ2) is 12.1. The summed E-state index contributed by atoms with van der Waals surface area (Å²) < 4.78 is 12.1. The Kier molecular flexibility index (Phi) is 6.96. The standard InChI is InChI=1S/C46H30N4S/c1-2-13-34(14-3-1)49(35-25-21-32(22-26-35)38-18-10-12-31-11-4-5-15-37(31)38)44-30-29-39(45-46(44)48-51-47-45)33-23-27-36(28-24-33)50-42-19-8-6-16-40(42)41-17-7-9-20-43(41)50/h1-30H. The maximum atomic E-state index is 4.89. The molecule has 0 aliphatic rings. The van der Waals surface area contributed by atoms with Gasteiger partial charge >= 0.3 is 0 Å². The number of nitrogens with zero attached hydrogens (tertiary/aromatic N) is 4. The molecule has 4 nitrogen and oxygen atoms in total. The van der Waals surface area contributed by atoms with E-state index in [1.807, 2.05) is 0 Å². The molecule has 0 saturated heterocycles. The van der Waals surface area contributed by atoms with Crippen molar-refractivity contribution in [3.8, 4) is 27.9 Å². The fraction of sp³-hybridized carbons (Fsp3) is 0. The lowest BCUT2D eigenvalue weighted by Crippen LogP contribution is -2.10. The van der Waals surface area contributed by atoms with Crippen LogP contribution in [0.4, 0.5) is 17.1 Å². The molecule has 2 heterocycles. The van der Waals surface area contributed by atoms with Gasteiger partial charge < -0.3 is 9.47 Å². The summed E-state index contributed by atoms with van der Waals surface area (Å²) in [6.45, 7) is 0. The fourth-order valence-corrected chi connectivity index (χ4v) is 8.10. The highest BCUT2D eigenvalue weighted by Gasteiger charge is 2.20. The first-order chi connectivity index (χ1) is 25.3. The van der Waals surface area contributed by atoms with Crippen molar-refractivity contribution in [2.45, 2.75) is 0 Å². The average Bonchev–Trinajstić information content (AvgIpc) is 3.83. The van der Waals surface area contributed by atoms with E-state index in [4.69, 9.17) is 8.75 Å². The van der Waals surface area contributed by atoms with E-state index < -0.39 is 0 Å². The molecule has 0 N–H and O–H groups in total. The van der Waals surface area contributed by atoms with Crippen molar-refractivity contribution in [1.82, 2.24) is 13.3 Å². The van der Waals surface area contributed by atoms with Gasteiger partial charge in [-0.25, -0.2) is 0 Å². The molecule has 0 radical (unpaired) electrons. The van der Waals surface area contributed by atoms with Crippen LogP contribution >= 0.6 is 11.7 Å². The van der Waals surface area contributed by atoms with Crippen molar-refractivity contribution < 1.29 is 0 Å². The Morgan fingerprint density at radius 1 is 0.412 bits per heavy atom. The lowest BCUT2D eigenvalue weighted by molar-refractivity contribution is 1.18. The Labute approximate surface area is 299 Å². The first-order valence-corrected chi connectivity index (χ1v) is 17.8. The molecule has 0 aliphatic carbocycles. The molecule has 0 bridgehead atoms. The highest BCUT2D eigenvalue weighted by atomic mass is 32.1. The molecule has 0 saturated carbocycles. The van der Waals surface area contributed by atoms with E-state index in [0.29, 0.717) is 0 Å². The number of fused-ring (bicyclic) bond motifs is 5. The molecular weight excluding hydrogens is 641 g/mol. The van der Waals surface area contributed by atoms with Gasteiger partial charge in [-0.3, -0.25) is 0 Å². The van der Waals surface area contributed by atoms with Crippen LogP contribution in [0.15, 0.2) is 182 Å². The van der Waals surface area contributed by atoms with Gasteiger partial charge in [-0.2, -0.15) is 8.75 Å². The predicted octanol–water partition coefficient (Wildman–Crippen LogP) is 12.7. The van der Waals surface area contributed by atoms with Gasteiger partial charge in [-0.15, -0.1) is 0 Å². The quantitative estimate of drug-likeness (QED) is 0.177. The monoisotopic (exact) mass is 670 g/mol. The third-order valence-corrected chi connectivity index (χ3v) is 10.4. The first-order valence-electron chi connectivity index (χ1n) is 17.1. The molecule has 0 amide bonds. The Morgan fingerprint density at radius 2 is 0.980 bits per heavy atom. The van der Waals surface area contributed by atoms with E-state index in [1.54, 1.807) is 0 Å². The third-order valence-electron chi connectivity index (χ3n) is 9.89. The van der Waals surface area contributed by atoms with Gasteiger partial charge in [-0.05, 0) is 88.1 Å². The summed E-state index contributed by atoms with van der Waals surface area (Å²) in [6, 6.07) is 64.8. The summed E-state index contributed by atoms with van der Waals surface area (Å²) in [7, 11) is 0. The lowest BCUT2D eigenvalue weighted by atomic mass is 9.98. The van der Waals surface area contributed by atoms with E-state index in [-0.39, 0.29) is 0 Å². The van der Waals surface area contributed by atoms with Crippen LogP contribution < -0.4 is 4.90 Å². The smallest absolute Gasteiger partial charge is 0.129 e. The van der Waals surface area contributed by atoms with Crippen LogP contribution in [0.5, 0.6) is 0 Å². The number of rotatable bonds is 6. The number of para-hydroxylation sites is 3. The predicted molar refractivity (Wildman–Crippen MR) is 215 cm³/mol. The maximum Gasteiger partial charge on any atom is 0.129 e. The van der Waals surface area contributed by atoms with Crippen molar-refractivity contribution in [3.05, 3.63) is 182 Å². The molecule has 0 atom stereocenters. The van der Waals surface area contributed by atoms with Gasteiger partial charge in [0, 0.05) is 33.4 Å². The highest BCUT2D eigenvalue weighted by molar-refractivity contribution is 7.00. The summed E-state index contributed by atoms with van der Waals surface area (Å²) in [6.07, 6.45) is 0. The zero-order valence-electron chi connectivity index (χ0n) is 27.5. The number of benzene rings is 8. The van der Waals surface area contributed by atoms with Crippen molar-refractivity contribution >= 4 is 72.4 Å². The molecular formula is C46H30N4S. The van der Waals surface area contributed by atoms with Crippen LogP contribution in [0.3, 0.4) is 0 Å². The van der Waals surface area contributed by atoms with Crippen LogP contribution in [0.2, 0.25) is 0 Å².